The largest absolute Gasteiger partial charge is 0.456 e. The lowest BCUT2D eigenvalue weighted by Gasteiger charge is -2.05. The van der Waals surface area contributed by atoms with Crippen LogP contribution in [-0.2, 0) is 11.3 Å². The fourth-order valence-electron chi connectivity index (χ4n) is 1.97. The van der Waals surface area contributed by atoms with Gasteiger partial charge in [-0.1, -0.05) is 47.5 Å². The number of aromatic amines is 1. The number of benzene rings is 2. The quantitative estimate of drug-likeness (QED) is 0.735. The Kier molecular flexibility index (Phi) is 3.82. The number of halogens is 2. The summed E-state index contributed by atoms with van der Waals surface area (Å²) in [5.41, 5.74) is 1.74. The number of ether oxygens (including phenoxy) is 1. The van der Waals surface area contributed by atoms with Crippen molar-refractivity contribution >= 4 is 40.1 Å². The van der Waals surface area contributed by atoms with Crippen molar-refractivity contribution in [3.63, 3.8) is 0 Å². The van der Waals surface area contributed by atoms with Crippen molar-refractivity contribution in [1.82, 2.24) is 10.2 Å². The summed E-state index contributed by atoms with van der Waals surface area (Å²) in [6.45, 7) is 0.0655. The van der Waals surface area contributed by atoms with Gasteiger partial charge in [0, 0.05) is 21.0 Å². The number of carbonyl (C=O) groups is 1. The van der Waals surface area contributed by atoms with Gasteiger partial charge < -0.3 is 4.74 Å². The normalized spacial score (nSPS) is 10.8. The second-order valence-corrected chi connectivity index (χ2v) is 5.27. The Hall–Kier alpha value is -2.04. The van der Waals surface area contributed by atoms with Crippen LogP contribution in [0.25, 0.3) is 10.9 Å². The maximum atomic E-state index is 12.1. The Balaban J connectivity index is 1.77. The standard InChI is InChI=1S/C15H10Cl2N2O2/c16-10-6-5-9(12(17)7-10)8-21-15(20)14-11-3-1-2-4-13(11)18-19-14/h1-7H,8H2,(H,18,19). The van der Waals surface area contributed by atoms with E-state index in [0.717, 1.165) is 10.9 Å². The summed E-state index contributed by atoms with van der Waals surface area (Å²) in [4.78, 5) is 12.1. The topological polar surface area (TPSA) is 55.0 Å². The first-order valence-corrected chi connectivity index (χ1v) is 6.95. The number of H-pyrrole nitrogens is 1. The fraction of sp³-hybridized carbons (Fsp3) is 0.0667. The minimum absolute atomic E-state index is 0.0655. The summed E-state index contributed by atoms with van der Waals surface area (Å²) in [5.74, 6) is -0.501. The van der Waals surface area contributed by atoms with Gasteiger partial charge >= 0.3 is 5.97 Å². The third-order valence-electron chi connectivity index (χ3n) is 3.04. The second kappa shape index (κ2) is 5.76. The molecule has 0 aliphatic carbocycles. The highest BCUT2D eigenvalue weighted by Crippen LogP contribution is 2.22. The SMILES string of the molecule is O=C(OCc1ccc(Cl)cc1Cl)c1n[nH]c2ccccc12. The molecule has 0 radical (unpaired) electrons. The third-order valence-corrected chi connectivity index (χ3v) is 3.62. The highest BCUT2D eigenvalue weighted by Gasteiger charge is 2.15. The molecule has 1 N–H and O–H groups in total. The van der Waals surface area contributed by atoms with Crippen molar-refractivity contribution in [2.75, 3.05) is 0 Å². The van der Waals surface area contributed by atoms with Gasteiger partial charge in [0.1, 0.15) is 6.61 Å². The molecule has 3 aromatic rings. The van der Waals surface area contributed by atoms with Gasteiger partial charge in [-0.2, -0.15) is 5.10 Å². The first-order valence-electron chi connectivity index (χ1n) is 6.19. The molecule has 21 heavy (non-hydrogen) atoms. The number of esters is 1. The lowest BCUT2D eigenvalue weighted by Crippen LogP contribution is -2.06. The van der Waals surface area contributed by atoms with E-state index in [4.69, 9.17) is 27.9 Å². The smallest absolute Gasteiger partial charge is 0.359 e. The molecule has 0 amide bonds. The third kappa shape index (κ3) is 2.86. The van der Waals surface area contributed by atoms with Gasteiger partial charge in [-0.15, -0.1) is 0 Å². The molecule has 0 unspecified atom stereocenters. The maximum absolute atomic E-state index is 12.1. The molecule has 0 saturated heterocycles. The van der Waals surface area contributed by atoms with E-state index in [1.54, 1.807) is 18.2 Å². The molecule has 0 fully saturated rings. The zero-order valence-electron chi connectivity index (χ0n) is 10.8. The fourth-order valence-corrected chi connectivity index (χ4v) is 2.43. The van der Waals surface area contributed by atoms with Crippen molar-refractivity contribution in [3.8, 4) is 0 Å². The molecule has 0 spiro atoms. The maximum Gasteiger partial charge on any atom is 0.359 e. The van der Waals surface area contributed by atoms with Crippen molar-refractivity contribution in [2.45, 2.75) is 6.61 Å². The number of carbonyl (C=O) groups excluding carboxylic acids is 1. The van der Waals surface area contributed by atoms with Gasteiger partial charge in [-0.05, 0) is 18.2 Å². The van der Waals surface area contributed by atoms with E-state index in [1.807, 2.05) is 24.3 Å². The molecule has 0 aliphatic rings. The molecule has 4 nitrogen and oxygen atoms in total. The molecule has 2 aromatic carbocycles. The van der Waals surface area contributed by atoms with E-state index in [0.29, 0.717) is 15.6 Å². The van der Waals surface area contributed by atoms with Gasteiger partial charge in [0.2, 0.25) is 0 Å². The number of hydrogen-bond donors (Lipinski definition) is 1. The monoisotopic (exact) mass is 320 g/mol. The van der Waals surface area contributed by atoms with Crippen LogP contribution < -0.4 is 0 Å². The van der Waals surface area contributed by atoms with E-state index >= 15 is 0 Å². The van der Waals surface area contributed by atoms with Crippen LogP contribution >= 0.6 is 23.2 Å². The Bertz CT molecular complexity index is 814. The minimum Gasteiger partial charge on any atom is -0.456 e. The molecule has 0 bridgehead atoms. The molecule has 3 rings (SSSR count). The van der Waals surface area contributed by atoms with E-state index in [9.17, 15) is 4.79 Å². The Labute approximate surface area is 130 Å². The number of rotatable bonds is 3. The first kappa shape index (κ1) is 13.9. The Morgan fingerprint density at radius 2 is 2.00 bits per heavy atom. The summed E-state index contributed by atoms with van der Waals surface area (Å²) in [5, 5.41) is 8.50. The van der Waals surface area contributed by atoms with Crippen LogP contribution in [0.4, 0.5) is 0 Å². The lowest BCUT2D eigenvalue weighted by atomic mass is 10.2. The number of para-hydroxylation sites is 1. The molecule has 0 aliphatic heterocycles. The van der Waals surface area contributed by atoms with Crippen molar-refractivity contribution in [1.29, 1.82) is 0 Å². The van der Waals surface area contributed by atoms with Gasteiger partial charge in [0.05, 0.1) is 5.52 Å². The second-order valence-electron chi connectivity index (χ2n) is 4.43. The van der Waals surface area contributed by atoms with E-state index in [1.165, 1.54) is 0 Å². The molecule has 1 heterocycles. The Morgan fingerprint density at radius 1 is 1.19 bits per heavy atom. The van der Waals surface area contributed by atoms with Crippen LogP contribution in [0.5, 0.6) is 0 Å². The predicted octanol–water partition coefficient (Wildman–Crippen LogP) is 4.23. The predicted molar refractivity (Wildman–Crippen MR) is 81.7 cm³/mol. The first-order chi connectivity index (χ1) is 10.1. The molecule has 106 valence electrons. The summed E-state index contributed by atoms with van der Waals surface area (Å²) >= 11 is 11.9. The number of fused-ring (bicyclic) bond motifs is 1. The summed E-state index contributed by atoms with van der Waals surface area (Å²) in [7, 11) is 0. The average molecular weight is 321 g/mol. The van der Waals surface area contributed by atoms with Crippen LogP contribution in [-0.4, -0.2) is 16.2 Å². The summed E-state index contributed by atoms with van der Waals surface area (Å²) < 4.78 is 5.25. The number of nitrogens with zero attached hydrogens (tertiary/aromatic N) is 1. The number of aromatic nitrogens is 2. The zero-order chi connectivity index (χ0) is 14.8. The van der Waals surface area contributed by atoms with Crippen molar-refractivity contribution in [2.24, 2.45) is 0 Å². The Morgan fingerprint density at radius 3 is 2.81 bits per heavy atom. The van der Waals surface area contributed by atoms with Crippen LogP contribution in [0.1, 0.15) is 16.1 Å². The summed E-state index contributed by atoms with van der Waals surface area (Å²) in [6, 6.07) is 12.4. The summed E-state index contributed by atoms with van der Waals surface area (Å²) in [6.07, 6.45) is 0. The van der Waals surface area contributed by atoms with Gasteiger partial charge in [0.25, 0.3) is 0 Å². The molecular formula is C15H10Cl2N2O2. The van der Waals surface area contributed by atoms with Crippen LogP contribution in [0, 0.1) is 0 Å². The number of nitrogens with one attached hydrogen (secondary N) is 1. The lowest BCUT2D eigenvalue weighted by molar-refractivity contribution is 0.0468. The molecule has 0 saturated carbocycles. The van der Waals surface area contributed by atoms with E-state index in [2.05, 4.69) is 10.2 Å². The molecule has 0 atom stereocenters. The minimum atomic E-state index is -0.501. The molecule has 6 heteroatoms. The van der Waals surface area contributed by atoms with Crippen molar-refractivity contribution in [3.05, 3.63) is 63.8 Å². The van der Waals surface area contributed by atoms with Crippen LogP contribution in [0.3, 0.4) is 0 Å². The highest BCUT2D eigenvalue weighted by molar-refractivity contribution is 6.35. The zero-order valence-corrected chi connectivity index (χ0v) is 12.3. The van der Waals surface area contributed by atoms with Crippen molar-refractivity contribution < 1.29 is 9.53 Å². The van der Waals surface area contributed by atoms with E-state index < -0.39 is 5.97 Å². The molecular weight excluding hydrogens is 311 g/mol. The van der Waals surface area contributed by atoms with E-state index in [-0.39, 0.29) is 12.3 Å². The van der Waals surface area contributed by atoms with Crippen LogP contribution in [0.2, 0.25) is 10.0 Å². The van der Waals surface area contributed by atoms with Crippen LogP contribution in [0.15, 0.2) is 42.5 Å². The van der Waals surface area contributed by atoms with Gasteiger partial charge in [-0.3, -0.25) is 5.10 Å². The molecule has 1 aromatic heterocycles. The van der Waals surface area contributed by atoms with Gasteiger partial charge in [-0.25, -0.2) is 4.79 Å². The van der Waals surface area contributed by atoms with Gasteiger partial charge in [0.15, 0.2) is 5.69 Å². The number of hydrogen-bond acceptors (Lipinski definition) is 3. The highest BCUT2D eigenvalue weighted by atomic mass is 35.5. The average Bonchev–Trinajstić information content (AvgIpc) is 2.90.